The molecule has 2 aliphatic rings. The molecular weight excluding hydrogens is 374 g/mol. The van der Waals surface area contributed by atoms with Crippen LogP contribution < -0.4 is 5.32 Å². The van der Waals surface area contributed by atoms with E-state index in [-0.39, 0.29) is 17.9 Å². The number of carbonyl (C=O) groups excluding carboxylic acids is 1. The number of halogens is 2. The first kappa shape index (κ1) is 19.9. The smallest absolute Gasteiger partial charge is 0.260 e. The Kier molecular flexibility index (Phi) is 5.56. The van der Waals surface area contributed by atoms with E-state index in [0.717, 1.165) is 30.6 Å². The van der Waals surface area contributed by atoms with Gasteiger partial charge >= 0.3 is 0 Å². The molecule has 0 unspecified atom stereocenters. The highest BCUT2D eigenvalue weighted by molar-refractivity contribution is 5.78. The molecule has 0 saturated carbocycles. The van der Waals surface area contributed by atoms with Gasteiger partial charge in [0.2, 0.25) is 5.91 Å². The monoisotopic (exact) mass is 402 g/mol. The molecule has 5 nitrogen and oxygen atoms in total. The Bertz CT molecular complexity index is 864. The molecule has 1 N–H and O–H groups in total. The van der Waals surface area contributed by atoms with E-state index in [1.807, 2.05) is 49.1 Å². The number of nitrogens with one attached hydrogen (secondary N) is 1. The van der Waals surface area contributed by atoms with Crippen molar-refractivity contribution in [1.29, 1.82) is 0 Å². The van der Waals surface area contributed by atoms with Gasteiger partial charge in [-0.2, -0.15) is 5.10 Å². The second-order valence-corrected chi connectivity index (χ2v) is 8.41. The molecule has 1 saturated heterocycles. The Labute approximate surface area is 170 Å². The molecule has 29 heavy (non-hydrogen) atoms. The van der Waals surface area contributed by atoms with Crippen LogP contribution in [0.3, 0.4) is 0 Å². The van der Waals surface area contributed by atoms with Crippen molar-refractivity contribution in [3.8, 4) is 0 Å². The molecule has 1 aromatic heterocycles. The van der Waals surface area contributed by atoms with E-state index >= 15 is 0 Å². The number of amides is 1. The lowest BCUT2D eigenvalue weighted by Crippen LogP contribution is -2.48. The van der Waals surface area contributed by atoms with E-state index in [2.05, 4.69) is 10.4 Å². The van der Waals surface area contributed by atoms with Gasteiger partial charge in [-0.15, -0.1) is 0 Å². The predicted molar refractivity (Wildman–Crippen MR) is 108 cm³/mol. The number of nitrogens with zero attached hydrogens (tertiary/aromatic N) is 3. The van der Waals surface area contributed by atoms with Crippen LogP contribution in [0.25, 0.3) is 0 Å². The van der Waals surface area contributed by atoms with Gasteiger partial charge in [-0.25, -0.2) is 13.5 Å². The molecule has 1 amide bonds. The van der Waals surface area contributed by atoms with Crippen LogP contribution in [0.1, 0.15) is 42.1 Å². The standard InChI is InChI=1S/C22H28F2N4O/c1-14-5-7-16(8-6-14)11-21(29)27-9-3-4-17(13-27)18-12-19(22(23)24)28-20(25-18)10-15(2)26-28/h5-8,10,17-19,22,25H,3-4,9,11-13H2,1-2H3/t17-,18-,19+/m0/s1. The Morgan fingerprint density at radius 2 is 2.03 bits per heavy atom. The number of rotatable bonds is 4. The predicted octanol–water partition coefficient (Wildman–Crippen LogP) is 3.97. The Morgan fingerprint density at radius 3 is 2.76 bits per heavy atom. The minimum atomic E-state index is -2.46. The van der Waals surface area contributed by atoms with Crippen molar-refractivity contribution in [2.24, 2.45) is 5.92 Å². The van der Waals surface area contributed by atoms with Crippen LogP contribution in [0.15, 0.2) is 30.3 Å². The molecule has 4 rings (SSSR count). The number of piperidine rings is 1. The van der Waals surface area contributed by atoms with Gasteiger partial charge in [-0.3, -0.25) is 4.79 Å². The van der Waals surface area contributed by atoms with Gasteiger partial charge < -0.3 is 10.2 Å². The van der Waals surface area contributed by atoms with Gasteiger partial charge in [0, 0.05) is 25.2 Å². The molecule has 0 aliphatic carbocycles. The molecule has 156 valence electrons. The van der Waals surface area contributed by atoms with Gasteiger partial charge in [0.15, 0.2) is 0 Å². The van der Waals surface area contributed by atoms with Crippen molar-refractivity contribution in [3.05, 3.63) is 47.2 Å². The minimum absolute atomic E-state index is 0.0763. The Hall–Kier alpha value is -2.44. The first-order chi connectivity index (χ1) is 13.9. The van der Waals surface area contributed by atoms with Gasteiger partial charge in [0.05, 0.1) is 12.1 Å². The average Bonchev–Trinajstić information content (AvgIpc) is 3.09. The number of aromatic nitrogens is 2. The highest BCUT2D eigenvalue weighted by Gasteiger charge is 2.38. The first-order valence-electron chi connectivity index (χ1n) is 10.3. The van der Waals surface area contributed by atoms with E-state index in [1.165, 1.54) is 10.2 Å². The van der Waals surface area contributed by atoms with Gasteiger partial charge in [0.1, 0.15) is 11.9 Å². The average molecular weight is 402 g/mol. The lowest BCUT2D eigenvalue weighted by atomic mass is 9.85. The topological polar surface area (TPSA) is 50.2 Å². The molecule has 0 radical (unpaired) electrons. The first-order valence-corrected chi connectivity index (χ1v) is 10.3. The maximum Gasteiger partial charge on any atom is 0.260 e. The maximum absolute atomic E-state index is 13.7. The lowest BCUT2D eigenvalue weighted by molar-refractivity contribution is -0.132. The second kappa shape index (κ2) is 8.13. The Balaban J connectivity index is 1.44. The summed E-state index contributed by atoms with van der Waals surface area (Å²) in [6.07, 6.45) is 0.100. The van der Waals surface area contributed by atoms with Crippen LogP contribution in [-0.4, -0.2) is 46.1 Å². The fraction of sp³-hybridized carbons (Fsp3) is 0.545. The van der Waals surface area contributed by atoms with Gasteiger partial charge in [0.25, 0.3) is 6.43 Å². The lowest BCUT2D eigenvalue weighted by Gasteiger charge is -2.41. The third-order valence-electron chi connectivity index (χ3n) is 6.15. The molecule has 2 aromatic rings. The summed E-state index contributed by atoms with van der Waals surface area (Å²) in [4.78, 5) is 14.7. The summed E-state index contributed by atoms with van der Waals surface area (Å²) in [7, 11) is 0. The zero-order valence-corrected chi connectivity index (χ0v) is 16.9. The van der Waals surface area contributed by atoms with Crippen molar-refractivity contribution >= 4 is 11.7 Å². The number of alkyl halides is 2. The fourth-order valence-electron chi connectivity index (χ4n) is 4.56. The molecule has 3 atom stereocenters. The van der Waals surface area contributed by atoms with E-state index < -0.39 is 12.5 Å². The van der Waals surface area contributed by atoms with Crippen molar-refractivity contribution in [1.82, 2.24) is 14.7 Å². The molecule has 3 heterocycles. The van der Waals surface area contributed by atoms with Gasteiger partial charge in [-0.1, -0.05) is 29.8 Å². The van der Waals surface area contributed by atoms with Crippen LogP contribution in [0.4, 0.5) is 14.6 Å². The quantitative estimate of drug-likeness (QED) is 0.842. The molecule has 1 fully saturated rings. The van der Waals surface area contributed by atoms with E-state index in [1.54, 1.807) is 0 Å². The number of hydrogen-bond donors (Lipinski definition) is 1. The third kappa shape index (κ3) is 4.28. The fourth-order valence-corrected chi connectivity index (χ4v) is 4.56. The summed E-state index contributed by atoms with van der Waals surface area (Å²) < 4.78 is 28.8. The van der Waals surface area contributed by atoms with E-state index in [0.29, 0.717) is 25.2 Å². The van der Waals surface area contributed by atoms with E-state index in [4.69, 9.17) is 0 Å². The Morgan fingerprint density at radius 1 is 1.28 bits per heavy atom. The normalized spacial score (nSPS) is 24.3. The van der Waals surface area contributed by atoms with E-state index in [9.17, 15) is 13.6 Å². The van der Waals surface area contributed by atoms with Crippen LogP contribution in [0, 0.1) is 19.8 Å². The van der Waals surface area contributed by atoms with Crippen molar-refractivity contribution in [2.75, 3.05) is 18.4 Å². The number of carbonyl (C=O) groups is 1. The van der Waals surface area contributed by atoms with Crippen LogP contribution in [-0.2, 0) is 11.2 Å². The molecule has 0 bridgehead atoms. The molecule has 0 spiro atoms. The molecule has 2 aliphatic heterocycles. The van der Waals surface area contributed by atoms with Gasteiger partial charge in [-0.05, 0) is 44.6 Å². The molecule has 7 heteroatoms. The molecule has 1 aromatic carbocycles. The highest BCUT2D eigenvalue weighted by Crippen LogP contribution is 2.36. The van der Waals surface area contributed by atoms with Crippen LogP contribution in [0.2, 0.25) is 0 Å². The van der Waals surface area contributed by atoms with Crippen molar-refractivity contribution < 1.29 is 13.6 Å². The summed E-state index contributed by atoms with van der Waals surface area (Å²) in [5, 5.41) is 7.66. The number of fused-ring (bicyclic) bond motifs is 1. The maximum atomic E-state index is 13.7. The summed E-state index contributed by atoms with van der Waals surface area (Å²) >= 11 is 0. The summed E-state index contributed by atoms with van der Waals surface area (Å²) in [6.45, 7) is 5.20. The number of anilines is 1. The summed E-state index contributed by atoms with van der Waals surface area (Å²) in [6, 6.07) is 8.86. The van der Waals surface area contributed by atoms with Crippen LogP contribution >= 0.6 is 0 Å². The number of aryl methyl sites for hydroxylation is 2. The van der Waals surface area contributed by atoms with Crippen LogP contribution in [0.5, 0.6) is 0 Å². The van der Waals surface area contributed by atoms with Crippen molar-refractivity contribution in [3.63, 3.8) is 0 Å². The SMILES string of the molecule is Cc1ccc(CC(=O)N2CCC[C@H]([C@@H]3C[C@H](C(F)F)n4nc(C)cc4N3)C2)cc1. The zero-order valence-electron chi connectivity index (χ0n) is 16.9. The zero-order chi connectivity index (χ0) is 20.5. The molecular formula is C22H28F2N4O. The van der Waals surface area contributed by atoms with Crippen molar-refractivity contribution in [2.45, 2.75) is 58.0 Å². The largest absolute Gasteiger partial charge is 0.367 e. The highest BCUT2D eigenvalue weighted by atomic mass is 19.3. The number of benzene rings is 1. The number of likely N-dealkylation sites (tertiary alicyclic amines) is 1. The second-order valence-electron chi connectivity index (χ2n) is 8.41. The third-order valence-corrected chi connectivity index (χ3v) is 6.15. The summed E-state index contributed by atoms with van der Waals surface area (Å²) in [5.41, 5.74) is 2.92. The minimum Gasteiger partial charge on any atom is -0.367 e. The number of hydrogen-bond acceptors (Lipinski definition) is 3. The summed E-state index contributed by atoms with van der Waals surface area (Å²) in [5.74, 6) is 0.934.